The Labute approximate surface area is 103 Å². The molecule has 0 spiro atoms. The van der Waals surface area contributed by atoms with Crippen molar-refractivity contribution in [1.29, 1.82) is 0 Å². The molecule has 0 aliphatic heterocycles. The number of halogens is 3. The number of hydrogen-bond donors (Lipinski definition) is 0. The van der Waals surface area contributed by atoms with E-state index in [0.29, 0.717) is 0 Å². The minimum absolute atomic E-state index is 0.0709. The summed E-state index contributed by atoms with van der Waals surface area (Å²) in [5, 5.41) is -0.0709. The lowest BCUT2D eigenvalue weighted by Crippen LogP contribution is -1.98. The maximum atomic E-state index is 13.4. The van der Waals surface area contributed by atoms with Crippen molar-refractivity contribution in [2.24, 2.45) is 0 Å². The predicted molar refractivity (Wildman–Crippen MR) is 62.1 cm³/mol. The monoisotopic (exact) mass is 254 g/mol. The van der Waals surface area contributed by atoms with Crippen LogP contribution in [0.15, 0.2) is 42.5 Å². The normalized spacial score (nSPS) is 10.3. The van der Waals surface area contributed by atoms with E-state index in [9.17, 15) is 8.78 Å². The first-order chi connectivity index (χ1) is 8.16. The molecule has 88 valence electrons. The maximum Gasteiger partial charge on any atom is 0.174 e. The highest BCUT2D eigenvalue weighted by Crippen LogP contribution is 2.29. The molecule has 0 unspecified atom stereocenters. The van der Waals surface area contributed by atoms with Crippen molar-refractivity contribution in [3.63, 3.8) is 0 Å². The van der Waals surface area contributed by atoms with E-state index in [1.54, 1.807) is 0 Å². The number of benzene rings is 2. The fourth-order valence-corrected chi connectivity index (χ4v) is 1.65. The molecule has 0 aromatic heterocycles. The molecule has 2 aromatic carbocycles. The van der Waals surface area contributed by atoms with Gasteiger partial charge in [0, 0.05) is 6.07 Å². The lowest BCUT2D eigenvalue weighted by molar-refractivity contribution is 0.289. The van der Waals surface area contributed by atoms with Crippen molar-refractivity contribution >= 4 is 11.6 Å². The number of rotatable bonds is 3. The fraction of sp³-hybridized carbons (Fsp3) is 0.0769. The standard InChI is InChI=1S/C13H9ClF2O/c14-11-6-10(15)7-12(16)13(11)17-8-9-4-2-1-3-5-9/h1-7H,8H2. The third-order valence-corrected chi connectivity index (χ3v) is 2.47. The van der Waals surface area contributed by atoms with Gasteiger partial charge in [0.05, 0.1) is 5.02 Å². The van der Waals surface area contributed by atoms with Crippen molar-refractivity contribution < 1.29 is 13.5 Å². The van der Waals surface area contributed by atoms with E-state index in [1.807, 2.05) is 30.3 Å². The molecule has 4 heteroatoms. The first-order valence-corrected chi connectivity index (χ1v) is 5.36. The predicted octanol–water partition coefficient (Wildman–Crippen LogP) is 4.20. The maximum absolute atomic E-state index is 13.4. The van der Waals surface area contributed by atoms with Crippen LogP contribution in [-0.4, -0.2) is 0 Å². The van der Waals surface area contributed by atoms with Crippen LogP contribution in [-0.2, 0) is 6.61 Å². The van der Waals surface area contributed by atoms with Gasteiger partial charge in [-0.25, -0.2) is 8.78 Å². The van der Waals surface area contributed by atoms with Gasteiger partial charge in [0.15, 0.2) is 11.6 Å². The molecular weight excluding hydrogens is 246 g/mol. The van der Waals surface area contributed by atoms with Gasteiger partial charge in [0.2, 0.25) is 0 Å². The quantitative estimate of drug-likeness (QED) is 0.798. The van der Waals surface area contributed by atoms with Gasteiger partial charge in [-0.1, -0.05) is 41.9 Å². The Kier molecular flexibility index (Phi) is 3.59. The van der Waals surface area contributed by atoms with E-state index < -0.39 is 11.6 Å². The molecule has 0 fully saturated rings. The van der Waals surface area contributed by atoms with Crippen molar-refractivity contribution in [1.82, 2.24) is 0 Å². The third kappa shape index (κ3) is 2.94. The van der Waals surface area contributed by atoms with Crippen LogP contribution in [0.25, 0.3) is 0 Å². The molecule has 0 radical (unpaired) electrons. The summed E-state index contributed by atoms with van der Waals surface area (Å²) < 4.78 is 31.4. The molecule has 0 aliphatic rings. The molecule has 0 heterocycles. The average Bonchev–Trinajstić information content (AvgIpc) is 2.29. The molecule has 0 aliphatic carbocycles. The fourth-order valence-electron chi connectivity index (χ4n) is 1.40. The first kappa shape index (κ1) is 11.9. The van der Waals surface area contributed by atoms with Gasteiger partial charge in [0.25, 0.3) is 0 Å². The summed E-state index contributed by atoms with van der Waals surface area (Å²) in [5.41, 5.74) is 0.882. The summed E-state index contributed by atoms with van der Waals surface area (Å²) in [7, 11) is 0. The zero-order valence-electron chi connectivity index (χ0n) is 8.79. The van der Waals surface area contributed by atoms with Gasteiger partial charge < -0.3 is 4.74 Å². The molecule has 0 amide bonds. The molecule has 0 bridgehead atoms. The van der Waals surface area contributed by atoms with E-state index in [2.05, 4.69) is 0 Å². The Bertz CT molecular complexity index is 491. The molecule has 2 rings (SSSR count). The lowest BCUT2D eigenvalue weighted by atomic mass is 10.2. The first-order valence-electron chi connectivity index (χ1n) is 4.98. The Balaban J connectivity index is 2.15. The largest absolute Gasteiger partial charge is 0.484 e. The zero-order valence-corrected chi connectivity index (χ0v) is 9.55. The molecule has 0 atom stereocenters. The van der Waals surface area contributed by atoms with E-state index in [4.69, 9.17) is 16.3 Å². The summed E-state index contributed by atoms with van der Waals surface area (Å²) in [6.07, 6.45) is 0. The number of ether oxygens (including phenoxy) is 1. The van der Waals surface area contributed by atoms with Crippen LogP contribution in [0.5, 0.6) is 5.75 Å². The summed E-state index contributed by atoms with van der Waals surface area (Å²) in [6, 6.07) is 11.0. The highest BCUT2D eigenvalue weighted by atomic mass is 35.5. The van der Waals surface area contributed by atoms with Crippen LogP contribution in [0.1, 0.15) is 5.56 Å². The lowest BCUT2D eigenvalue weighted by Gasteiger charge is -2.09. The Morgan fingerprint density at radius 2 is 1.76 bits per heavy atom. The van der Waals surface area contributed by atoms with E-state index >= 15 is 0 Å². The van der Waals surface area contributed by atoms with Crippen molar-refractivity contribution in [2.75, 3.05) is 0 Å². The molecule has 17 heavy (non-hydrogen) atoms. The topological polar surface area (TPSA) is 9.23 Å². The van der Waals surface area contributed by atoms with Crippen LogP contribution < -0.4 is 4.74 Å². The summed E-state index contributed by atoms with van der Waals surface area (Å²) in [5.74, 6) is -1.65. The van der Waals surface area contributed by atoms with Crippen LogP contribution in [0.4, 0.5) is 8.78 Å². The van der Waals surface area contributed by atoms with Gasteiger partial charge in [-0.05, 0) is 11.6 Å². The van der Waals surface area contributed by atoms with Gasteiger partial charge in [-0.3, -0.25) is 0 Å². The zero-order chi connectivity index (χ0) is 12.3. The smallest absolute Gasteiger partial charge is 0.174 e. The summed E-state index contributed by atoms with van der Waals surface area (Å²) >= 11 is 5.70. The molecular formula is C13H9ClF2O. The molecule has 2 aromatic rings. The van der Waals surface area contributed by atoms with Gasteiger partial charge in [-0.2, -0.15) is 0 Å². The molecule has 0 saturated carbocycles. The van der Waals surface area contributed by atoms with Crippen molar-refractivity contribution in [3.8, 4) is 5.75 Å². The van der Waals surface area contributed by atoms with Gasteiger partial charge >= 0.3 is 0 Å². The highest BCUT2D eigenvalue weighted by molar-refractivity contribution is 6.32. The molecule has 1 nitrogen and oxygen atoms in total. The minimum Gasteiger partial charge on any atom is -0.484 e. The van der Waals surface area contributed by atoms with E-state index in [0.717, 1.165) is 17.7 Å². The Morgan fingerprint density at radius 1 is 1.06 bits per heavy atom. The summed E-state index contributed by atoms with van der Waals surface area (Å²) in [6.45, 7) is 0.184. The highest BCUT2D eigenvalue weighted by Gasteiger charge is 2.11. The Morgan fingerprint density at radius 3 is 2.41 bits per heavy atom. The van der Waals surface area contributed by atoms with Crippen LogP contribution in [0, 0.1) is 11.6 Å². The van der Waals surface area contributed by atoms with Crippen LogP contribution in [0.3, 0.4) is 0 Å². The SMILES string of the molecule is Fc1cc(F)c(OCc2ccccc2)c(Cl)c1. The molecule has 0 N–H and O–H groups in total. The van der Waals surface area contributed by atoms with Gasteiger partial charge in [-0.15, -0.1) is 0 Å². The minimum atomic E-state index is -0.800. The Hall–Kier alpha value is -1.61. The second kappa shape index (κ2) is 5.15. The van der Waals surface area contributed by atoms with Crippen LogP contribution in [0.2, 0.25) is 5.02 Å². The van der Waals surface area contributed by atoms with E-state index in [1.165, 1.54) is 0 Å². The van der Waals surface area contributed by atoms with Crippen LogP contribution >= 0.6 is 11.6 Å². The third-order valence-electron chi connectivity index (χ3n) is 2.19. The van der Waals surface area contributed by atoms with Crippen molar-refractivity contribution in [3.05, 3.63) is 64.7 Å². The van der Waals surface area contributed by atoms with Gasteiger partial charge in [0.1, 0.15) is 12.4 Å². The number of hydrogen-bond acceptors (Lipinski definition) is 1. The molecule has 0 saturated heterocycles. The second-order valence-corrected chi connectivity index (χ2v) is 3.88. The average molecular weight is 255 g/mol. The van der Waals surface area contributed by atoms with Crippen molar-refractivity contribution in [2.45, 2.75) is 6.61 Å². The van der Waals surface area contributed by atoms with E-state index in [-0.39, 0.29) is 17.4 Å². The second-order valence-electron chi connectivity index (χ2n) is 3.47. The summed E-state index contributed by atoms with van der Waals surface area (Å²) in [4.78, 5) is 0.